The van der Waals surface area contributed by atoms with Crippen molar-refractivity contribution >= 4 is 20.1 Å². The molecule has 11 nitrogen and oxygen atoms in total. The maximum absolute atomic E-state index is 14.3. The molecule has 0 saturated carbocycles. The van der Waals surface area contributed by atoms with Crippen LogP contribution >= 0.6 is 0 Å². The summed E-state index contributed by atoms with van der Waals surface area (Å²) in [5.74, 6) is 0.337. The molecule has 0 amide bonds. The SMILES string of the molecule is COc1ccc(CO[C@@H]2CCC[C@H](O[Si](C(C)C)(C(C)C)C(C)C)[C@@H](COC(=O)C(C)(C)C)O[C@@]2(C)CC(=O)CC[C@H]2O[C@H](CCCOCc3ccccc3)C[C@H](O)[C@@H]2O)cc1. The van der Waals surface area contributed by atoms with E-state index in [0.29, 0.717) is 62.1 Å². The van der Waals surface area contributed by atoms with Crippen LogP contribution in [0, 0.1) is 5.41 Å². The van der Waals surface area contributed by atoms with Gasteiger partial charge in [0.2, 0.25) is 8.32 Å². The Morgan fingerprint density at radius 3 is 2.13 bits per heavy atom. The molecule has 2 aliphatic rings. The van der Waals surface area contributed by atoms with E-state index in [0.717, 1.165) is 29.7 Å². The number of benzene rings is 2. The van der Waals surface area contributed by atoms with Crippen LogP contribution < -0.4 is 4.74 Å². The van der Waals surface area contributed by atoms with E-state index < -0.39 is 49.9 Å². The van der Waals surface area contributed by atoms with Crippen LogP contribution in [-0.2, 0) is 50.9 Å². The fraction of sp³-hybridized carbons (Fsp3) is 0.720. The zero-order valence-corrected chi connectivity index (χ0v) is 40.7. The van der Waals surface area contributed by atoms with Gasteiger partial charge in [0.05, 0.1) is 61.9 Å². The maximum atomic E-state index is 14.3. The minimum absolute atomic E-state index is 0.0192. The second-order valence-corrected chi connectivity index (χ2v) is 25.3. The number of rotatable bonds is 22. The molecule has 350 valence electrons. The molecule has 0 unspecified atom stereocenters. The molecule has 2 aromatic carbocycles. The van der Waals surface area contributed by atoms with Crippen LogP contribution in [-0.4, -0.2) is 98.9 Å². The minimum atomic E-state index is -2.42. The second kappa shape index (κ2) is 24.0. The van der Waals surface area contributed by atoms with Gasteiger partial charge in [0.1, 0.15) is 30.3 Å². The predicted molar refractivity (Wildman–Crippen MR) is 245 cm³/mol. The molecule has 2 saturated heterocycles. The summed E-state index contributed by atoms with van der Waals surface area (Å²) in [6.07, 6.45) is -0.353. The van der Waals surface area contributed by atoms with Crippen molar-refractivity contribution in [1.82, 2.24) is 0 Å². The molecule has 2 aromatic rings. The molecule has 2 aliphatic heterocycles. The highest BCUT2D eigenvalue weighted by Gasteiger charge is 2.50. The molecular formula is C50H80O11Si. The number of hydrogen-bond donors (Lipinski definition) is 2. The maximum Gasteiger partial charge on any atom is 0.311 e. The zero-order valence-electron chi connectivity index (χ0n) is 39.7. The summed E-state index contributed by atoms with van der Waals surface area (Å²) < 4.78 is 45.0. The third-order valence-electron chi connectivity index (χ3n) is 13.0. The highest BCUT2D eigenvalue weighted by Crippen LogP contribution is 2.45. The molecule has 0 bridgehead atoms. The van der Waals surface area contributed by atoms with Gasteiger partial charge in [0.15, 0.2) is 0 Å². The number of ketones is 1. The van der Waals surface area contributed by atoms with Gasteiger partial charge in [-0.15, -0.1) is 0 Å². The number of esters is 1. The first-order valence-electron chi connectivity index (χ1n) is 23.2. The quantitative estimate of drug-likeness (QED) is 0.0664. The molecule has 8 atom stereocenters. The molecule has 0 aromatic heterocycles. The third-order valence-corrected chi connectivity index (χ3v) is 19.1. The molecule has 4 rings (SSSR count). The van der Waals surface area contributed by atoms with Crippen molar-refractivity contribution < 1.29 is 52.6 Å². The molecular weight excluding hydrogens is 805 g/mol. The molecule has 2 N–H and O–H groups in total. The van der Waals surface area contributed by atoms with Crippen LogP contribution in [0.25, 0.3) is 0 Å². The minimum Gasteiger partial charge on any atom is -0.497 e. The first-order valence-corrected chi connectivity index (χ1v) is 25.3. The van der Waals surface area contributed by atoms with E-state index in [1.165, 1.54) is 0 Å². The summed E-state index contributed by atoms with van der Waals surface area (Å²) in [5, 5.41) is 21.9. The lowest BCUT2D eigenvalue weighted by molar-refractivity contribution is -0.214. The van der Waals surface area contributed by atoms with Gasteiger partial charge in [-0.05, 0) is 106 Å². The van der Waals surface area contributed by atoms with Crippen LogP contribution in [0.1, 0.15) is 138 Å². The van der Waals surface area contributed by atoms with Crippen molar-refractivity contribution in [2.24, 2.45) is 5.41 Å². The highest BCUT2D eigenvalue weighted by molar-refractivity contribution is 6.77. The lowest BCUT2D eigenvalue weighted by Gasteiger charge is -2.49. The standard InChI is InChI=1S/C50H80O11Si/c1-34(2)62(35(3)4,36(5)6)61-43-20-15-21-46(57-32-38-22-25-40(55-11)26-23-38)50(10,60-45(43)33-58-48(54)49(7,8)9)30-39(51)24-27-44-47(53)42(52)29-41(59-44)19-16-28-56-31-37-17-13-12-14-18-37/h12-14,17-18,22-23,25-26,34-36,41-47,52-53H,15-16,19-21,24,27-33H2,1-11H3/t41-,42+,43+,44-,45-,46-,47+,50+/m1/s1. The van der Waals surface area contributed by atoms with E-state index >= 15 is 0 Å². The highest BCUT2D eigenvalue weighted by atomic mass is 28.4. The van der Waals surface area contributed by atoms with Gasteiger partial charge in [0, 0.05) is 25.9 Å². The summed E-state index contributed by atoms with van der Waals surface area (Å²) >= 11 is 0. The van der Waals surface area contributed by atoms with Crippen molar-refractivity contribution in [1.29, 1.82) is 0 Å². The van der Waals surface area contributed by atoms with E-state index in [2.05, 4.69) is 41.5 Å². The summed E-state index contributed by atoms with van der Waals surface area (Å²) in [6.45, 7) is 22.3. The van der Waals surface area contributed by atoms with Gasteiger partial charge in [-0.3, -0.25) is 9.59 Å². The van der Waals surface area contributed by atoms with Gasteiger partial charge < -0.3 is 43.1 Å². The van der Waals surface area contributed by atoms with Crippen LogP contribution in [0.4, 0.5) is 0 Å². The first-order chi connectivity index (χ1) is 29.3. The van der Waals surface area contributed by atoms with Gasteiger partial charge in [-0.25, -0.2) is 0 Å². The summed E-state index contributed by atoms with van der Waals surface area (Å²) in [5.41, 5.74) is 1.18. The lowest BCUT2D eigenvalue weighted by atomic mass is 9.85. The molecule has 0 radical (unpaired) electrons. The number of carbonyl (C=O) groups excluding carboxylic acids is 2. The molecule has 0 aliphatic carbocycles. The number of aliphatic hydroxyl groups is 2. The Morgan fingerprint density at radius 1 is 0.871 bits per heavy atom. The van der Waals surface area contributed by atoms with Crippen LogP contribution in [0.3, 0.4) is 0 Å². The first kappa shape index (κ1) is 51.9. The molecule has 2 fully saturated rings. The average molecular weight is 885 g/mol. The van der Waals surface area contributed by atoms with E-state index in [-0.39, 0.29) is 49.8 Å². The van der Waals surface area contributed by atoms with E-state index in [1.54, 1.807) is 7.11 Å². The lowest BCUT2D eigenvalue weighted by Crippen LogP contribution is -2.57. The molecule has 62 heavy (non-hydrogen) atoms. The zero-order chi connectivity index (χ0) is 45.7. The summed E-state index contributed by atoms with van der Waals surface area (Å²) in [4.78, 5) is 27.6. The van der Waals surface area contributed by atoms with Gasteiger partial charge in [-0.1, -0.05) is 84.0 Å². The third kappa shape index (κ3) is 14.7. The molecule has 0 spiro atoms. The summed E-state index contributed by atoms with van der Waals surface area (Å²) in [6, 6.07) is 17.7. The monoisotopic (exact) mass is 885 g/mol. The van der Waals surface area contributed by atoms with Crippen LogP contribution in [0.15, 0.2) is 54.6 Å². The Kier molecular flexibility index (Phi) is 20.1. The van der Waals surface area contributed by atoms with E-state index in [9.17, 15) is 19.8 Å². The van der Waals surface area contributed by atoms with Gasteiger partial charge >= 0.3 is 5.97 Å². The Hall–Kier alpha value is -2.68. The number of carbonyl (C=O) groups is 2. The number of ether oxygens (including phenoxy) is 6. The smallest absolute Gasteiger partial charge is 0.311 e. The number of hydrogen-bond acceptors (Lipinski definition) is 11. The fourth-order valence-electron chi connectivity index (χ4n) is 9.57. The van der Waals surface area contributed by atoms with Crippen molar-refractivity contribution in [2.45, 2.75) is 205 Å². The summed E-state index contributed by atoms with van der Waals surface area (Å²) in [7, 11) is -0.789. The van der Waals surface area contributed by atoms with E-state index in [1.807, 2.05) is 82.3 Å². The molecule has 2 heterocycles. The normalized spacial score (nSPS) is 26.4. The Balaban J connectivity index is 1.55. The fourth-order valence-corrected chi connectivity index (χ4v) is 15.2. The van der Waals surface area contributed by atoms with Crippen LogP contribution in [0.5, 0.6) is 5.75 Å². The number of aliphatic hydroxyl groups excluding tert-OH is 2. The second-order valence-electron chi connectivity index (χ2n) is 19.9. The van der Waals surface area contributed by atoms with Crippen LogP contribution in [0.2, 0.25) is 16.6 Å². The van der Waals surface area contributed by atoms with Crippen molar-refractivity contribution in [3.63, 3.8) is 0 Å². The van der Waals surface area contributed by atoms with Crippen molar-refractivity contribution in [3.05, 3.63) is 65.7 Å². The van der Waals surface area contributed by atoms with E-state index in [4.69, 9.17) is 32.8 Å². The van der Waals surface area contributed by atoms with Gasteiger partial charge in [0.25, 0.3) is 0 Å². The van der Waals surface area contributed by atoms with Gasteiger partial charge in [-0.2, -0.15) is 0 Å². The Bertz CT molecular complexity index is 1610. The largest absolute Gasteiger partial charge is 0.497 e. The predicted octanol–water partition coefficient (Wildman–Crippen LogP) is 9.67. The number of Topliss-reactive ketones (excluding diaryl/α,β-unsaturated/α-hetero) is 1. The Morgan fingerprint density at radius 2 is 1.52 bits per heavy atom. The van der Waals surface area contributed by atoms with Crippen molar-refractivity contribution in [3.8, 4) is 5.75 Å². The topological polar surface area (TPSA) is 139 Å². The Labute approximate surface area is 374 Å². The average Bonchev–Trinajstić information content (AvgIpc) is 3.21. The molecule has 12 heteroatoms. The van der Waals surface area contributed by atoms with Crippen molar-refractivity contribution in [2.75, 3.05) is 20.3 Å². The number of methoxy groups -OCH3 is 1.